The number of quaternary nitrogens is 1. The second-order valence-electron chi connectivity index (χ2n) is 6.69. The molecule has 2 amide bonds. The van der Waals surface area contributed by atoms with Crippen LogP contribution < -0.4 is 0 Å². The fraction of sp³-hybridized carbons (Fsp3) is 0.182. The molecule has 4 nitrogen and oxygen atoms in total. The average Bonchev–Trinajstić information content (AvgIpc) is 3.19. The Balaban J connectivity index is 1.64. The molecule has 2 aromatic carbocycles. The molecule has 1 aromatic heterocycles. The minimum atomic E-state index is -0.482. The van der Waals surface area contributed by atoms with E-state index in [2.05, 4.69) is 0 Å². The van der Waals surface area contributed by atoms with Crippen molar-refractivity contribution in [2.24, 2.45) is 0 Å². The highest BCUT2D eigenvalue weighted by Crippen LogP contribution is 2.32. The van der Waals surface area contributed by atoms with Crippen molar-refractivity contribution in [2.45, 2.75) is 19.6 Å². The van der Waals surface area contributed by atoms with Crippen molar-refractivity contribution in [3.05, 3.63) is 93.7 Å². The first kappa shape index (κ1) is 17.6. The number of imide groups is 1. The molecule has 0 radical (unpaired) electrons. The lowest BCUT2D eigenvalue weighted by Gasteiger charge is -2.34. The number of amides is 2. The molecule has 0 aliphatic carbocycles. The van der Waals surface area contributed by atoms with Crippen LogP contribution in [0.15, 0.2) is 72.1 Å². The second-order valence-corrected chi connectivity index (χ2v) is 7.69. The molecule has 1 aliphatic heterocycles. The van der Waals surface area contributed by atoms with Crippen LogP contribution in [0.3, 0.4) is 0 Å². The Bertz CT molecular complexity index is 952. The topological polar surface area (TPSA) is 43.4 Å². The van der Waals surface area contributed by atoms with Crippen molar-refractivity contribution < 1.29 is 18.8 Å². The molecule has 0 saturated heterocycles. The van der Waals surface area contributed by atoms with Gasteiger partial charge in [-0.15, -0.1) is 11.3 Å². The van der Waals surface area contributed by atoms with Gasteiger partial charge in [-0.3, -0.25) is 0 Å². The summed E-state index contributed by atoms with van der Waals surface area (Å²) in [6, 6.07) is 21.0. The monoisotopic (exact) mass is 378 g/mol. The van der Waals surface area contributed by atoms with Crippen LogP contribution in [0.5, 0.6) is 0 Å². The van der Waals surface area contributed by atoms with Gasteiger partial charge < -0.3 is 4.74 Å². The molecule has 1 aliphatic rings. The van der Waals surface area contributed by atoms with E-state index in [9.17, 15) is 9.59 Å². The van der Waals surface area contributed by atoms with Gasteiger partial charge in [-0.25, -0.2) is 4.79 Å². The number of hydrogen-bond donors (Lipinski definition) is 0. The van der Waals surface area contributed by atoms with Crippen LogP contribution in [0, 0.1) is 0 Å². The van der Waals surface area contributed by atoms with Gasteiger partial charge in [-0.1, -0.05) is 60.7 Å². The number of hydrogen-bond acceptors (Lipinski definition) is 4. The number of benzene rings is 2. The number of nitrogens with zero attached hydrogens (tertiary/aromatic N) is 1. The van der Waals surface area contributed by atoms with Gasteiger partial charge in [0.05, 0.1) is 5.56 Å². The van der Waals surface area contributed by atoms with Crippen molar-refractivity contribution in [1.82, 2.24) is 0 Å². The summed E-state index contributed by atoms with van der Waals surface area (Å²) in [6.45, 7) is 0.898. The van der Waals surface area contributed by atoms with Crippen LogP contribution in [-0.2, 0) is 24.3 Å². The summed E-state index contributed by atoms with van der Waals surface area (Å²) < 4.78 is 5.30. The molecule has 1 atom stereocenters. The van der Waals surface area contributed by atoms with Crippen molar-refractivity contribution in [3.8, 4) is 0 Å². The summed E-state index contributed by atoms with van der Waals surface area (Å²) in [5.41, 5.74) is 2.50. The molecule has 0 bridgehead atoms. The number of fused-ring (bicyclic) bond motifs is 1. The maximum Gasteiger partial charge on any atom is 0.524 e. The fourth-order valence-electron chi connectivity index (χ4n) is 3.48. The van der Waals surface area contributed by atoms with Gasteiger partial charge in [-0.2, -0.15) is 9.28 Å². The zero-order valence-electron chi connectivity index (χ0n) is 14.8. The molecular weight excluding hydrogens is 358 g/mol. The van der Waals surface area contributed by atoms with Crippen molar-refractivity contribution in [2.75, 3.05) is 6.54 Å². The third kappa shape index (κ3) is 3.44. The van der Waals surface area contributed by atoms with Crippen LogP contribution >= 0.6 is 11.3 Å². The van der Waals surface area contributed by atoms with E-state index in [4.69, 9.17) is 4.74 Å². The first-order valence-corrected chi connectivity index (χ1v) is 9.80. The second kappa shape index (κ2) is 7.47. The minimum absolute atomic E-state index is 0.165. The Morgan fingerprint density at radius 2 is 1.63 bits per heavy atom. The number of thiophene rings is 1. The van der Waals surface area contributed by atoms with Crippen LogP contribution in [0.4, 0.5) is 4.79 Å². The lowest BCUT2D eigenvalue weighted by Crippen LogP contribution is -2.59. The number of rotatable bonds is 4. The van der Waals surface area contributed by atoms with Gasteiger partial charge in [0, 0.05) is 16.9 Å². The van der Waals surface area contributed by atoms with Gasteiger partial charge in [0.15, 0.2) is 0 Å². The summed E-state index contributed by atoms with van der Waals surface area (Å²) >= 11 is 1.58. The predicted molar refractivity (Wildman–Crippen MR) is 104 cm³/mol. The Morgan fingerprint density at radius 1 is 0.963 bits per heavy atom. The molecule has 3 aromatic rings. The van der Waals surface area contributed by atoms with E-state index in [-0.39, 0.29) is 17.0 Å². The summed E-state index contributed by atoms with van der Waals surface area (Å²) in [4.78, 5) is 27.6. The molecule has 0 saturated carbocycles. The van der Waals surface area contributed by atoms with Crippen molar-refractivity contribution in [3.63, 3.8) is 0 Å². The highest BCUT2D eigenvalue weighted by atomic mass is 32.1. The van der Waals surface area contributed by atoms with E-state index in [1.54, 1.807) is 11.3 Å². The third-order valence-corrected chi connectivity index (χ3v) is 5.92. The largest absolute Gasteiger partial charge is 0.524 e. The molecular formula is C22H20NO3S+. The summed E-state index contributed by atoms with van der Waals surface area (Å²) in [5.74, 6) is -0.167. The number of carbonyl (C=O) groups excluding carboxylic acids is 2. The first-order chi connectivity index (χ1) is 13.2. The van der Waals surface area contributed by atoms with Crippen LogP contribution in [0.1, 0.15) is 26.4 Å². The normalized spacial score (nSPS) is 18.7. The quantitative estimate of drug-likeness (QED) is 0.613. The lowest BCUT2D eigenvalue weighted by molar-refractivity contribution is -0.791. The maximum absolute atomic E-state index is 13.3. The molecule has 27 heavy (non-hydrogen) atoms. The van der Waals surface area contributed by atoms with Gasteiger partial charge >= 0.3 is 12.0 Å². The zero-order valence-corrected chi connectivity index (χ0v) is 15.7. The van der Waals surface area contributed by atoms with E-state index in [0.29, 0.717) is 25.1 Å². The van der Waals surface area contributed by atoms with E-state index < -0.39 is 6.09 Å². The summed E-state index contributed by atoms with van der Waals surface area (Å²) in [5, 5.41) is 1.92. The molecule has 0 fully saturated rings. The summed E-state index contributed by atoms with van der Waals surface area (Å²) in [6.07, 6.45) is 0.219. The van der Waals surface area contributed by atoms with Gasteiger partial charge in [-0.05, 0) is 17.0 Å². The zero-order chi connectivity index (χ0) is 18.7. The van der Waals surface area contributed by atoms with Crippen molar-refractivity contribution >= 4 is 23.3 Å². The molecule has 2 heterocycles. The highest BCUT2D eigenvalue weighted by Gasteiger charge is 2.50. The lowest BCUT2D eigenvalue weighted by atomic mass is 10.0. The van der Waals surface area contributed by atoms with Gasteiger partial charge in [0.1, 0.15) is 19.7 Å². The minimum Gasteiger partial charge on any atom is -0.415 e. The molecule has 4 rings (SSSR count). The smallest absolute Gasteiger partial charge is 0.415 e. The highest BCUT2D eigenvalue weighted by molar-refractivity contribution is 7.10. The fourth-order valence-corrected chi connectivity index (χ4v) is 4.34. The third-order valence-electron chi connectivity index (χ3n) is 4.94. The van der Waals surface area contributed by atoms with E-state index in [1.807, 2.05) is 72.1 Å². The Morgan fingerprint density at radius 3 is 2.33 bits per heavy atom. The number of ether oxygens (including phenoxy) is 1. The van der Waals surface area contributed by atoms with E-state index in [0.717, 1.165) is 16.0 Å². The molecule has 1 unspecified atom stereocenters. The summed E-state index contributed by atoms with van der Waals surface area (Å²) in [7, 11) is 0. The molecule has 5 heteroatoms. The molecule has 0 N–H and O–H groups in total. The van der Waals surface area contributed by atoms with E-state index in [1.165, 1.54) is 0 Å². The molecule has 0 spiro atoms. The Kier molecular flexibility index (Phi) is 4.88. The van der Waals surface area contributed by atoms with Gasteiger partial charge in [0.2, 0.25) is 0 Å². The predicted octanol–water partition coefficient (Wildman–Crippen LogP) is 4.80. The Hall–Kier alpha value is -2.76. The van der Waals surface area contributed by atoms with Crippen molar-refractivity contribution in [1.29, 1.82) is 0 Å². The van der Waals surface area contributed by atoms with E-state index >= 15 is 0 Å². The van der Waals surface area contributed by atoms with Crippen LogP contribution in [0.25, 0.3) is 0 Å². The standard InChI is InChI=1S/C22H20NO3S/c24-21-19-12-14-27-20(19)11-13-23(21,15-17-7-3-1-4-8-17)22(25)26-16-18-9-5-2-6-10-18/h1-10,12,14H,11,13,15-16H2/q+1. The van der Waals surface area contributed by atoms with Crippen LogP contribution in [0.2, 0.25) is 0 Å². The first-order valence-electron chi connectivity index (χ1n) is 8.92. The maximum atomic E-state index is 13.3. The van der Waals surface area contributed by atoms with Gasteiger partial charge in [0.25, 0.3) is 0 Å². The number of carbonyl (C=O) groups is 2. The van der Waals surface area contributed by atoms with Crippen LogP contribution in [-0.4, -0.2) is 23.0 Å². The SMILES string of the molecule is O=C(OCc1ccccc1)[N+]1(Cc2ccccc2)CCc2sccc2C1=O. The average molecular weight is 378 g/mol. The Labute approximate surface area is 162 Å². The molecule has 136 valence electrons.